The molecule has 48 heavy (non-hydrogen) atoms. The van der Waals surface area contributed by atoms with Gasteiger partial charge in [0.15, 0.2) is 6.61 Å². The Kier molecular flexibility index (Phi) is 29.3. The van der Waals surface area contributed by atoms with Gasteiger partial charge in [0, 0.05) is 33.8 Å². The lowest BCUT2D eigenvalue weighted by Gasteiger charge is -2.26. The number of halogens is 1. The van der Waals surface area contributed by atoms with Crippen molar-refractivity contribution in [3.05, 3.63) is 59.4 Å². The molecule has 3 N–H and O–H groups in total. The highest BCUT2D eigenvalue weighted by molar-refractivity contribution is 5.95. The zero-order valence-electron chi connectivity index (χ0n) is 30.9. The summed E-state index contributed by atoms with van der Waals surface area (Å²) in [6.45, 7) is 30.4. The predicted molar refractivity (Wildman–Crippen MR) is 196 cm³/mol. The molecule has 1 aliphatic heterocycles. The van der Waals surface area contributed by atoms with E-state index in [0.717, 1.165) is 23.3 Å². The average molecular weight is 681 g/mol. The van der Waals surface area contributed by atoms with Gasteiger partial charge < -0.3 is 29.5 Å². The maximum absolute atomic E-state index is 13.2. The number of hydrogen-bond acceptors (Lipinski definition) is 10. The lowest BCUT2D eigenvalue weighted by molar-refractivity contribution is -0.132. The summed E-state index contributed by atoms with van der Waals surface area (Å²) < 4.78 is 22.2. The Hall–Kier alpha value is -4.10. The third-order valence-corrected chi connectivity index (χ3v) is 6.66. The van der Waals surface area contributed by atoms with Crippen LogP contribution in [0.1, 0.15) is 74.7 Å². The minimum Gasteiger partial charge on any atom is -0.509 e. The second-order valence-corrected chi connectivity index (χ2v) is 10.0. The average Bonchev–Trinajstić information content (AvgIpc) is 3.36. The summed E-state index contributed by atoms with van der Waals surface area (Å²) in [5.41, 5.74) is 1.80. The van der Waals surface area contributed by atoms with Crippen molar-refractivity contribution in [1.29, 1.82) is 0 Å². The maximum Gasteiger partial charge on any atom is 0.260 e. The number of rotatable bonds is 13. The van der Waals surface area contributed by atoms with Crippen molar-refractivity contribution >= 4 is 31.1 Å². The summed E-state index contributed by atoms with van der Waals surface area (Å²) in [6, 6.07) is -0.706. The lowest BCUT2D eigenvalue weighted by Crippen LogP contribution is -2.42. The van der Waals surface area contributed by atoms with Crippen LogP contribution >= 0.6 is 0 Å². The van der Waals surface area contributed by atoms with E-state index in [1.807, 2.05) is 27.7 Å². The second-order valence-electron chi connectivity index (χ2n) is 10.0. The van der Waals surface area contributed by atoms with Crippen molar-refractivity contribution in [2.45, 2.75) is 86.9 Å². The van der Waals surface area contributed by atoms with Gasteiger partial charge in [-0.05, 0) is 66.3 Å². The molecule has 0 bridgehead atoms. The molecule has 0 aromatic heterocycles. The molecule has 1 fully saturated rings. The van der Waals surface area contributed by atoms with Gasteiger partial charge in [-0.3, -0.25) is 19.9 Å². The van der Waals surface area contributed by atoms with Gasteiger partial charge >= 0.3 is 0 Å². The number of carbonyl (C=O) groups is 2. The number of allylic oxidation sites excluding steroid dienone is 5. The van der Waals surface area contributed by atoms with Crippen LogP contribution < -0.4 is 5.32 Å². The van der Waals surface area contributed by atoms with Crippen LogP contribution in [0, 0.1) is 0 Å². The van der Waals surface area contributed by atoms with Gasteiger partial charge in [0.25, 0.3) is 11.8 Å². The van der Waals surface area contributed by atoms with E-state index in [-0.39, 0.29) is 36.2 Å². The third-order valence-electron chi connectivity index (χ3n) is 6.66. The van der Waals surface area contributed by atoms with Crippen LogP contribution in [0.2, 0.25) is 0 Å². The van der Waals surface area contributed by atoms with E-state index >= 15 is 0 Å². The second kappa shape index (κ2) is 29.1. The highest BCUT2D eigenvalue weighted by atomic mass is 19.1. The first-order valence-corrected chi connectivity index (χ1v) is 16.0. The summed E-state index contributed by atoms with van der Waals surface area (Å²) in [6.07, 6.45) is 3.84. The zero-order chi connectivity index (χ0) is 37.8. The molecule has 0 radical (unpaired) electrons. The van der Waals surface area contributed by atoms with Gasteiger partial charge in [-0.2, -0.15) is 5.10 Å². The fourth-order valence-corrected chi connectivity index (χ4v) is 3.48. The Morgan fingerprint density at radius 2 is 1.83 bits per heavy atom. The van der Waals surface area contributed by atoms with Crippen LogP contribution in [-0.2, 0) is 19.1 Å². The highest BCUT2D eigenvalue weighted by Gasteiger charge is 2.31. The Bertz CT molecular complexity index is 1140. The first-order chi connectivity index (χ1) is 22.7. The van der Waals surface area contributed by atoms with E-state index in [2.05, 4.69) is 47.1 Å². The monoisotopic (exact) mass is 680 g/mol. The van der Waals surface area contributed by atoms with Crippen LogP contribution in [0.25, 0.3) is 0 Å². The number of aliphatic imine (C=N–C) groups is 1. The molecule has 1 heterocycles. The largest absolute Gasteiger partial charge is 0.509 e. The molecule has 0 saturated carbocycles. The van der Waals surface area contributed by atoms with E-state index in [0.29, 0.717) is 38.4 Å². The summed E-state index contributed by atoms with van der Waals surface area (Å²) in [5.74, 6) is 0.104. The van der Waals surface area contributed by atoms with E-state index < -0.39 is 18.2 Å². The molecule has 2 unspecified atom stereocenters. The smallest absolute Gasteiger partial charge is 0.260 e. The normalized spacial score (nSPS) is 15.7. The molecule has 1 aliphatic rings. The number of aliphatic hydroxyl groups excluding tert-OH is 2. The molecular weight excluding hydrogens is 619 g/mol. The molecular formula is C35H61FN6O6. The predicted octanol–water partition coefficient (Wildman–Crippen LogP) is 5.89. The Morgan fingerprint density at radius 1 is 1.25 bits per heavy atom. The number of nitrogens with one attached hydrogen (secondary N) is 1. The Balaban J connectivity index is -0.000000836. The van der Waals surface area contributed by atoms with Gasteiger partial charge in [-0.1, -0.05) is 51.7 Å². The number of aliphatic hydroxyl groups is 2. The quantitative estimate of drug-likeness (QED) is 0.0418. The van der Waals surface area contributed by atoms with Crippen molar-refractivity contribution in [3.63, 3.8) is 0 Å². The van der Waals surface area contributed by atoms with Crippen LogP contribution in [0.5, 0.6) is 0 Å². The number of carbonyl (C=O) groups excluding carboxylic acids is 2. The molecule has 12 nitrogen and oxygen atoms in total. The fraction of sp³-hybridized carbons (Fsp3) is 0.571. The molecule has 2 atom stereocenters. The zero-order valence-corrected chi connectivity index (χ0v) is 30.9. The molecule has 0 aliphatic carbocycles. The lowest BCUT2D eigenvalue weighted by atomic mass is 10.0. The Labute approximate surface area is 288 Å². The van der Waals surface area contributed by atoms with Crippen LogP contribution in [0.4, 0.5) is 4.39 Å². The first kappa shape index (κ1) is 48.3. The van der Waals surface area contributed by atoms with Gasteiger partial charge in [0.1, 0.15) is 23.8 Å². The number of amides is 2. The van der Waals surface area contributed by atoms with E-state index in [4.69, 9.17) is 9.47 Å². The molecule has 13 heteroatoms. The van der Waals surface area contributed by atoms with Gasteiger partial charge in [0.2, 0.25) is 5.90 Å². The van der Waals surface area contributed by atoms with E-state index in [9.17, 15) is 24.2 Å². The number of nitrogens with zero attached hydrogens (tertiary/aromatic N) is 5. The summed E-state index contributed by atoms with van der Waals surface area (Å²) in [5, 5.41) is 30.1. The van der Waals surface area contributed by atoms with Crippen LogP contribution in [0.3, 0.4) is 0 Å². The minimum absolute atomic E-state index is 0.00477. The molecule has 0 aromatic carbocycles. The first-order valence-electron chi connectivity index (χ1n) is 16.0. The summed E-state index contributed by atoms with van der Waals surface area (Å²) >= 11 is 0. The number of hydrogen-bond donors (Lipinski definition) is 3. The van der Waals surface area contributed by atoms with Crippen LogP contribution in [0.15, 0.2) is 74.6 Å². The number of ether oxygens (including phenoxy) is 2. The fourth-order valence-electron chi connectivity index (χ4n) is 3.48. The summed E-state index contributed by atoms with van der Waals surface area (Å²) in [4.78, 5) is 31.3. The molecule has 2 amide bonds. The molecule has 1 rings (SSSR count). The van der Waals surface area contributed by atoms with E-state index in [1.54, 1.807) is 43.7 Å². The molecule has 1 saturated heterocycles. The summed E-state index contributed by atoms with van der Waals surface area (Å²) in [7, 11) is 3.22. The number of likely N-dealkylation sites (N-methyl/N-ethyl adjacent to an activating group) is 2. The maximum atomic E-state index is 13.2. The third kappa shape index (κ3) is 20.2. The van der Waals surface area contributed by atoms with Crippen molar-refractivity contribution in [3.8, 4) is 0 Å². The molecule has 274 valence electrons. The van der Waals surface area contributed by atoms with Gasteiger partial charge in [-0.25, -0.2) is 4.39 Å². The SMILES string of the molecule is C/C=C(\C)F.C=CC(=C)C/C(CC)=C1/CN(C(=O)/C(=C(/O)C(C)N=C)C(O)NC)CCCO1.C=N/N=C(/C)OCC(=O)N(C)CC.CC. The van der Waals surface area contributed by atoms with E-state index in [1.165, 1.54) is 20.0 Å². The highest BCUT2D eigenvalue weighted by Crippen LogP contribution is 2.24. The minimum atomic E-state index is -1.32. The standard InChI is InChI=1S/C21H33N3O4.C8H15N3O2.C4H7F.C2H6/c1-7-14(3)12-16(8-2)17-13-24(10-9-11-28-17)21(27)18(20(26)23-6)19(25)15(4)22-5;1-5-11(4)8(12)6-13-7(2)10-9-3;1-3-4(2)5;1-2/h7,15,20,23,25-26H,1,3,5,8-13H2,2,4,6H3;3,5-6H2,1-2,4H3;3H,1-2H3;1-2H3/b17-16-,19-18+;10-7-;4-3+;. The van der Waals surface area contributed by atoms with Gasteiger partial charge in [0.05, 0.1) is 24.6 Å². The molecule has 0 spiro atoms. The van der Waals surface area contributed by atoms with Crippen molar-refractivity contribution in [2.75, 3.05) is 46.9 Å². The van der Waals surface area contributed by atoms with Crippen molar-refractivity contribution in [2.24, 2.45) is 15.2 Å². The Morgan fingerprint density at radius 3 is 2.27 bits per heavy atom. The van der Waals surface area contributed by atoms with Crippen LogP contribution in [-0.4, -0.2) is 110 Å². The van der Waals surface area contributed by atoms with Crippen molar-refractivity contribution in [1.82, 2.24) is 15.1 Å². The topological polar surface area (TPSA) is 149 Å². The molecule has 0 aromatic rings. The van der Waals surface area contributed by atoms with Crippen molar-refractivity contribution < 1.29 is 33.7 Å². The van der Waals surface area contributed by atoms with Gasteiger partial charge in [-0.15, -0.1) is 5.10 Å².